The lowest BCUT2D eigenvalue weighted by atomic mass is 9.44. The smallest absolute Gasteiger partial charge is 0.316 e. The van der Waals surface area contributed by atoms with E-state index in [0.29, 0.717) is 19.3 Å². The van der Waals surface area contributed by atoms with Crippen molar-refractivity contribution in [1.82, 2.24) is 5.32 Å². The Balaban J connectivity index is 1.29. The van der Waals surface area contributed by atoms with Crippen LogP contribution in [0.15, 0.2) is 12.7 Å². The van der Waals surface area contributed by atoms with Gasteiger partial charge in [-0.15, -0.1) is 18.3 Å². The van der Waals surface area contributed by atoms with Gasteiger partial charge in [0.2, 0.25) is 5.91 Å². The van der Waals surface area contributed by atoms with E-state index in [-0.39, 0.29) is 63.8 Å². The molecule has 1 amide bonds. The van der Waals surface area contributed by atoms with E-state index < -0.39 is 29.1 Å². The fourth-order valence-corrected chi connectivity index (χ4v) is 10.0. The Kier molecular flexibility index (Phi) is 8.30. The summed E-state index contributed by atoms with van der Waals surface area (Å²) in [6.07, 6.45) is 7.53. The molecule has 8 heteroatoms. The maximum absolute atomic E-state index is 13.5. The predicted octanol–water partition coefficient (Wildman–Crippen LogP) is 4.43. The normalized spacial score (nSPS) is 47.0. The van der Waals surface area contributed by atoms with Gasteiger partial charge in [-0.05, 0) is 75.0 Å². The lowest BCUT2D eigenvalue weighted by Gasteiger charge is -2.61. The Morgan fingerprint density at radius 2 is 1.85 bits per heavy atom. The maximum atomic E-state index is 13.5. The van der Waals surface area contributed by atoms with Crippen molar-refractivity contribution in [2.75, 3.05) is 5.75 Å². The molecule has 40 heavy (non-hydrogen) atoms. The molecule has 0 aromatic heterocycles. The molecule has 0 aromatic rings. The number of thioether (sulfide) groups is 1. The molecule has 2 unspecified atom stereocenters. The highest BCUT2D eigenvalue weighted by atomic mass is 32.2. The van der Waals surface area contributed by atoms with Crippen LogP contribution >= 0.6 is 11.8 Å². The van der Waals surface area contributed by atoms with Crippen molar-refractivity contribution in [2.45, 2.75) is 122 Å². The van der Waals surface area contributed by atoms with Crippen molar-refractivity contribution in [3.8, 4) is 0 Å². The molecular formula is C32H49NO6S. The summed E-state index contributed by atoms with van der Waals surface area (Å²) >= 11 is 1.43. The molecule has 224 valence electrons. The average molecular weight is 576 g/mol. The van der Waals surface area contributed by atoms with Gasteiger partial charge in [0.25, 0.3) is 0 Å². The Hall–Kier alpha value is -1.38. The van der Waals surface area contributed by atoms with Gasteiger partial charge in [0.05, 0.1) is 18.0 Å². The lowest BCUT2D eigenvalue weighted by molar-refractivity contribution is -0.205. The van der Waals surface area contributed by atoms with E-state index in [9.17, 15) is 24.6 Å². The van der Waals surface area contributed by atoms with Gasteiger partial charge in [-0.25, -0.2) is 0 Å². The average Bonchev–Trinajstić information content (AvgIpc) is 3.72. The SMILES string of the molecule is C=C[C@]1(C)C[C@@H](OC(=O)CS[C@H]2CC[C@H](NC(=O)C3CC3)C[C@@H]2O)[C@]2(C)C(C)CCC3(CCC(=O)[C@H]32)[C@@H](C)[C@@H]1O. The van der Waals surface area contributed by atoms with E-state index in [0.717, 1.165) is 44.9 Å². The molecule has 7 nitrogen and oxygen atoms in total. The zero-order chi connectivity index (χ0) is 29.0. The van der Waals surface area contributed by atoms with Crippen LogP contribution in [0, 0.1) is 39.9 Å². The number of rotatable bonds is 7. The van der Waals surface area contributed by atoms with Gasteiger partial charge in [-0.3, -0.25) is 14.4 Å². The summed E-state index contributed by atoms with van der Waals surface area (Å²) in [6.45, 7) is 12.5. The Morgan fingerprint density at radius 1 is 1.12 bits per heavy atom. The second kappa shape index (κ2) is 11.0. The molecule has 0 spiro atoms. The third kappa shape index (κ3) is 5.08. The number of carbonyl (C=O) groups excluding carboxylic acids is 3. The van der Waals surface area contributed by atoms with Crippen LogP contribution in [0.3, 0.4) is 0 Å². The maximum Gasteiger partial charge on any atom is 0.316 e. The summed E-state index contributed by atoms with van der Waals surface area (Å²) in [5.74, 6) is 0.181. The summed E-state index contributed by atoms with van der Waals surface area (Å²) in [6, 6.07) is -0.0100. The predicted molar refractivity (Wildman–Crippen MR) is 155 cm³/mol. The first-order chi connectivity index (χ1) is 18.9. The molecule has 2 bridgehead atoms. The number of carbonyl (C=O) groups is 3. The van der Waals surface area contributed by atoms with E-state index >= 15 is 0 Å². The number of esters is 1. The van der Waals surface area contributed by atoms with Crippen molar-refractivity contribution >= 4 is 29.4 Å². The molecule has 11 atom stereocenters. The second-order valence-electron chi connectivity index (χ2n) is 14.3. The van der Waals surface area contributed by atoms with E-state index in [1.165, 1.54) is 11.8 Å². The van der Waals surface area contributed by atoms with E-state index in [1.54, 1.807) is 0 Å². The summed E-state index contributed by atoms with van der Waals surface area (Å²) in [5.41, 5.74) is -1.47. The molecule has 5 saturated carbocycles. The van der Waals surface area contributed by atoms with Crippen molar-refractivity contribution in [1.29, 1.82) is 0 Å². The van der Waals surface area contributed by atoms with Gasteiger partial charge in [0.15, 0.2) is 0 Å². The first-order valence-corrected chi connectivity index (χ1v) is 16.5. The second-order valence-corrected chi connectivity index (χ2v) is 15.5. The first-order valence-electron chi connectivity index (χ1n) is 15.5. The molecule has 0 aliphatic heterocycles. The van der Waals surface area contributed by atoms with Crippen LogP contribution in [0.5, 0.6) is 0 Å². The van der Waals surface area contributed by atoms with E-state index in [1.807, 2.05) is 13.0 Å². The summed E-state index contributed by atoms with van der Waals surface area (Å²) < 4.78 is 6.34. The summed E-state index contributed by atoms with van der Waals surface area (Å²) in [5, 5.41) is 25.4. The molecule has 0 heterocycles. The van der Waals surface area contributed by atoms with Gasteiger partial charge < -0.3 is 20.3 Å². The van der Waals surface area contributed by atoms with Crippen LogP contribution in [0.2, 0.25) is 0 Å². The van der Waals surface area contributed by atoms with Crippen LogP contribution < -0.4 is 5.32 Å². The minimum absolute atomic E-state index is 0.0100. The van der Waals surface area contributed by atoms with Crippen LogP contribution in [-0.2, 0) is 19.1 Å². The molecule has 0 aromatic carbocycles. The monoisotopic (exact) mass is 575 g/mol. The van der Waals surface area contributed by atoms with Crippen LogP contribution in [0.25, 0.3) is 0 Å². The number of ketones is 1. The summed E-state index contributed by atoms with van der Waals surface area (Å²) in [7, 11) is 0. The zero-order valence-corrected chi connectivity index (χ0v) is 25.5. The highest BCUT2D eigenvalue weighted by Gasteiger charge is 2.68. The van der Waals surface area contributed by atoms with Crippen molar-refractivity contribution in [2.24, 2.45) is 39.9 Å². The molecule has 5 fully saturated rings. The third-order valence-electron chi connectivity index (χ3n) is 12.0. The number of aliphatic hydroxyl groups is 2. The van der Waals surface area contributed by atoms with Gasteiger partial charge in [0.1, 0.15) is 11.9 Å². The molecular weight excluding hydrogens is 526 g/mol. The fraction of sp³-hybridized carbons (Fsp3) is 0.844. The van der Waals surface area contributed by atoms with Crippen molar-refractivity contribution in [3.63, 3.8) is 0 Å². The van der Waals surface area contributed by atoms with Gasteiger partial charge in [-0.2, -0.15) is 0 Å². The minimum atomic E-state index is -0.683. The van der Waals surface area contributed by atoms with Crippen LogP contribution in [-0.4, -0.2) is 63.2 Å². The van der Waals surface area contributed by atoms with E-state index in [2.05, 4.69) is 32.7 Å². The van der Waals surface area contributed by atoms with Gasteiger partial charge >= 0.3 is 5.97 Å². The lowest BCUT2D eigenvalue weighted by Crippen LogP contribution is -2.63. The van der Waals surface area contributed by atoms with Crippen molar-refractivity contribution in [3.05, 3.63) is 12.7 Å². The quantitative estimate of drug-likeness (QED) is 0.304. The fourth-order valence-electron chi connectivity index (χ4n) is 8.98. The Bertz CT molecular complexity index is 1030. The molecule has 3 N–H and O–H groups in total. The molecule has 5 aliphatic carbocycles. The van der Waals surface area contributed by atoms with E-state index in [4.69, 9.17) is 4.74 Å². The standard InChI is InChI=1S/C32H49NO6S/c1-6-30(4)16-25(31(5)18(2)11-13-32(19(3)28(30)37)14-12-22(34)27(31)32)39-26(36)17-40-24-10-9-21(15-23(24)35)33-29(38)20-7-8-20/h6,18-21,23-25,27-28,35,37H,1,7-17H2,2-5H3,(H,33,38)/t18?,19-,21-,23-,24-,25+,27-,28-,30+,31-,32?/m0/s1. The number of hydrogen-bond acceptors (Lipinski definition) is 7. The minimum Gasteiger partial charge on any atom is -0.461 e. The number of ether oxygens (including phenoxy) is 1. The number of aliphatic hydroxyl groups excluding tert-OH is 2. The number of amides is 1. The molecule has 0 saturated heterocycles. The zero-order valence-electron chi connectivity index (χ0n) is 24.7. The number of Topliss-reactive ketones (excluding diaryl/α,β-unsaturated/α-hetero) is 1. The molecule has 5 rings (SSSR count). The molecule has 5 aliphatic rings. The Morgan fingerprint density at radius 3 is 2.50 bits per heavy atom. The number of hydrogen-bond donors (Lipinski definition) is 3. The van der Waals surface area contributed by atoms with Crippen molar-refractivity contribution < 1.29 is 29.3 Å². The van der Waals surface area contributed by atoms with Crippen LogP contribution in [0.1, 0.15) is 91.9 Å². The topological polar surface area (TPSA) is 113 Å². The third-order valence-corrected chi connectivity index (χ3v) is 13.4. The van der Waals surface area contributed by atoms with Crippen LogP contribution in [0.4, 0.5) is 0 Å². The summed E-state index contributed by atoms with van der Waals surface area (Å²) in [4.78, 5) is 39.1. The molecule has 0 radical (unpaired) electrons. The highest BCUT2D eigenvalue weighted by Crippen LogP contribution is 2.68. The highest BCUT2D eigenvalue weighted by molar-refractivity contribution is 8.00. The Labute approximate surface area is 243 Å². The first kappa shape index (κ1) is 30.1. The largest absolute Gasteiger partial charge is 0.461 e. The number of nitrogens with one attached hydrogen (secondary N) is 1. The van der Waals surface area contributed by atoms with Gasteiger partial charge in [0, 0.05) is 40.4 Å². The van der Waals surface area contributed by atoms with Gasteiger partial charge in [-0.1, -0.05) is 33.8 Å².